The number of hydrogen-bond acceptors (Lipinski definition) is 8. The molecule has 0 bridgehead atoms. The molecule has 0 aliphatic carbocycles. The summed E-state index contributed by atoms with van der Waals surface area (Å²) < 4.78 is 5.29. The van der Waals surface area contributed by atoms with Gasteiger partial charge in [-0.3, -0.25) is 14.4 Å². The smallest absolute Gasteiger partial charge is 0.339 e. The van der Waals surface area contributed by atoms with Crippen LogP contribution in [-0.4, -0.2) is 56.9 Å². The Balaban J connectivity index is 0.000000583. The zero-order chi connectivity index (χ0) is 23.3. The van der Waals surface area contributed by atoms with Gasteiger partial charge >= 0.3 is 5.97 Å². The lowest BCUT2D eigenvalue weighted by atomic mass is 10.1. The Hall–Kier alpha value is -4.23. The Morgan fingerprint density at radius 1 is 1.24 bits per heavy atom. The summed E-state index contributed by atoms with van der Waals surface area (Å²) in [6, 6.07) is 5.19. The van der Waals surface area contributed by atoms with Gasteiger partial charge in [0, 0.05) is 12.7 Å². The minimum absolute atomic E-state index is 0. The minimum Gasteiger partial charge on any atom is -0.482 e. The number of primary amides is 1. The number of nitrogens with zero attached hydrogens (tertiary/aromatic N) is 2. The molecule has 0 saturated carbocycles. The molecule has 0 atom stereocenters. The molecule has 3 amide bonds. The third-order valence-electron chi connectivity index (χ3n) is 4.24. The highest BCUT2D eigenvalue weighted by Crippen LogP contribution is 2.28. The Morgan fingerprint density at radius 3 is 2.64 bits per heavy atom. The number of benzene rings is 1. The maximum Gasteiger partial charge on any atom is 0.339 e. The summed E-state index contributed by atoms with van der Waals surface area (Å²) in [5.74, 6) is -1.78. The first-order chi connectivity index (χ1) is 15.3. The van der Waals surface area contributed by atoms with E-state index in [1.165, 1.54) is 6.20 Å². The number of fused-ring (bicyclic) bond motifs is 2. The van der Waals surface area contributed by atoms with E-state index < -0.39 is 17.8 Å². The van der Waals surface area contributed by atoms with Gasteiger partial charge in [-0.1, -0.05) is 6.07 Å². The van der Waals surface area contributed by atoms with Gasteiger partial charge < -0.3 is 36.9 Å². The molecule has 8 N–H and O–H groups in total. The number of carboxylic acids is 1. The van der Waals surface area contributed by atoms with Crippen molar-refractivity contribution in [1.82, 2.24) is 20.3 Å². The highest BCUT2D eigenvalue weighted by Gasteiger charge is 2.20. The maximum atomic E-state index is 12.5. The number of H-pyrrole nitrogens is 1. The molecule has 0 fully saturated rings. The van der Waals surface area contributed by atoms with Crippen molar-refractivity contribution in [3.05, 3.63) is 47.5 Å². The van der Waals surface area contributed by atoms with Crippen molar-refractivity contribution in [2.24, 2.45) is 11.5 Å². The van der Waals surface area contributed by atoms with E-state index in [0.717, 1.165) is 11.9 Å². The molecule has 1 aromatic carbocycles. The van der Waals surface area contributed by atoms with Gasteiger partial charge in [0.05, 0.1) is 17.7 Å². The molecule has 14 heteroatoms. The minimum atomic E-state index is -1.15. The molecule has 4 rings (SSSR count). The van der Waals surface area contributed by atoms with Crippen LogP contribution >= 0.6 is 12.4 Å². The normalized spacial score (nSPS) is 11.6. The summed E-state index contributed by atoms with van der Waals surface area (Å²) in [6.07, 6.45) is 2.41. The number of halogens is 1. The second-order valence-electron chi connectivity index (χ2n) is 6.47. The SMILES string of the molecule is Cl.NCC(N)=O.O=C1COc2ccc(CNC(=O)c3ncnc4c(C(=O)O)c[nH]c34)cc2N1. The van der Waals surface area contributed by atoms with E-state index >= 15 is 0 Å². The van der Waals surface area contributed by atoms with Crippen molar-refractivity contribution < 1.29 is 29.0 Å². The Kier molecular flexibility index (Phi) is 8.25. The van der Waals surface area contributed by atoms with Crippen LogP contribution in [0.4, 0.5) is 5.69 Å². The molecule has 1 aliphatic rings. The zero-order valence-electron chi connectivity index (χ0n) is 17.0. The summed E-state index contributed by atoms with van der Waals surface area (Å²) in [5.41, 5.74) is 10.9. The van der Waals surface area contributed by atoms with Crippen LogP contribution in [0.5, 0.6) is 5.75 Å². The van der Waals surface area contributed by atoms with Crippen LogP contribution < -0.4 is 26.8 Å². The third kappa shape index (κ3) is 5.93. The average molecular weight is 478 g/mol. The number of aromatic nitrogens is 3. The van der Waals surface area contributed by atoms with E-state index in [1.54, 1.807) is 18.2 Å². The van der Waals surface area contributed by atoms with Crippen molar-refractivity contribution in [3.8, 4) is 5.75 Å². The molecule has 0 saturated heterocycles. The van der Waals surface area contributed by atoms with Gasteiger partial charge in [-0.05, 0) is 17.7 Å². The summed E-state index contributed by atoms with van der Waals surface area (Å²) in [5, 5.41) is 14.6. The highest BCUT2D eigenvalue weighted by atomic mass is 35.5. The van der Waals surface area contributed by atoms with Crippen LogP contribution in [0.3, 0.4) is 0 Å². The van der Waals surface area contributed by atoms with Crippen molar-refractivity contribution in [2.45, 2.75) is 6.54 Å². The van der Waals surface area contributed by atoms with E-state index in [1.807, 2.05) is 0 Å². The van der Waals surface area contributed by atoms with Gasteiger partial charge in [-0.25, -0.2) is 14.8 Å². The Bertz CT molecular complexity index is 1210. The molecule has 174 valence electrons. The number of carbonyl (C=O) groups excluding carboxylic acids is 3. The monoisotopic (exact) mass is 477 g/mol. The second kappa shape index (κ2) is 10.9. The summed E-state index contributed by atoms with van der Waals surface area (Å²) >= 11 is 0. The molecule has 13 nitrogen and oxygen atoms in total. The molecule has 1 aliphatic heterocycles. The quantitative estimate of drug-likeness (QED) is 0.285. The molecule has 0 spiro atoms. The van der Waals surface area contributed by atoms with Crippen molar-refractivity contribution >= 4 is 52.8 Å². The topological polar surface area (TPSA) is 215 Å². The molecule has 2 aromatic heterocycles. The van der Waals surface area contributed by atoms with Crippen LogP contribution in [0.25, 0.3) is 11.0 Å². The van der Waals surface area contributed by atoms with Gasteiger partial charge in [0.1, 0.15) is 23.2 Å². The molecular weight excluding hydrogens is 458 g/mol. The third-order valence-corrected chi connectivity index (χ3v) is 4.24. The highest BCUT2D eigenvalue weighted by molar-refractivity contribution is 6.08. The first kappa shape index (κ1) is 25.0. The molecule has 0 unspecified atom stereocenters. The molecule has 3 heterocycles. The summed E-state index contributed by atoms with van der Waals surface area (Å²) in [6.45, 7) is 0.0985. The maximum absolute atomic E-state index is 12.5. The van der Waals surface area contributed by atoms with Crippen molar-refractivity contribution in [3.63, 3.8) is 0 Å². The number of anilines is 1. The van der Waals surface area contributed by atoms with Crippen LogP contribution in [0.15, 0.2) is 30.7 Å². The number of carboxylic acid groups (broad SMARTS) is 1. The molecule has 33 heavy (non-hydrogen) atoms. The second-order valence-corrected chi connectivity index (χ2v) is 6.47. The van der Waals surface area contributed by atoms with E-state index in [9.17, 15) is 19.2 Å². The van der Waals surface area contributed by atoms with Crippen LogP contribution in [0.1, 0.15) is 26.4 Å². The number of nitrogens with two attached hydrogens (primary N) is 2. The number of amides is 3. The van der Waals surface area contributed by atoms with E-state index in [-0.39, 0.29) is 60.3 Å². The standard InChI is InChI=1S/C17H13N5O5.C2H6N2O.ClH/c23-12-6-27-11-2-1-8(3-10(11)22-12)4-19-16(24)15-14-13(20-7-21-15)9(5-18-14)17(25)26;3-1-2(4)5;/h1-3,5,7,18H,4,6H2,(H,19,24)(H,22,23)(H,25,26);1,3H2,(H2,4,5);1H. The first-order valence-electron chi connectivity index (χ1n) is 9.17. The van der Waals surface area contributed by atoms with E-state index in [0.29, 0.717) is 11.4 Å². The fraction of sp³-hybridized carbons (Fsp3) is 0.158. The van der Waals surface area contributed by atoms with Crippen LogP contribution in [-0.2, 0) is 16.1 Å². The summed E-state index contributed by atoms with van der Waals surface area (Å²) in [4.78, 5) is 55.1. The van der Waals surface area contributed by atoms with E-state index in [4.69, 9.17) is 15.6 Å². The fourth-order valence-electron chi connectivity index (χ4n) is 2.78. The predicted octanol–water partition coefficient (Wildman–Crippen LogP) is -0.231. The van der Waals surface area contributed by atoms with Gasteiger partial charge in [-0.2, -0.15) is 0 Å². The largest absolute Gasteiger partial charge is 0.482 e. The van der Waals surface area contributed by atoms with Gasteiger partial charge in [-0.15, -0.1) is 12.4 Å². The van der Waals surface area contributed by atoms with Gasteiger partial charge in [0.2, 0.25) is 5.91 Å². The van der Waals surface area contributed by atoms with Gasteiger partial charge in [0.25, 0.3) is 11.8 Å². The Morgan fingerprint density at radius 2 is 1.97 bits per heavy atom. The van der Waals surface area contributed by atoms with Crippen LogP contribution in [0.2, 0.25) is 0 Å². The number of ether oxygens (including phenoxy) is 1. The number of aromatic carboxylic acids is 1. The number of hydrogen-bond donors (Lipinski definition) is 6. The lowest BCUT2D eigenvalue weighted by Gasteiger charge is -2.18. The molecular formula is C19H20ClN7O6. The lowest BCUT2D eigenvalue weighted by molar-refractivity contribution is -0.118. The number of carbonyl (C=O) groups is 4. The summed E-state index contributed by atoms with van der Waals surface area (Å²) in [7, 11) is 0. The predicted molar refractivity (Wildman–Crippen MR) is 118 cm³/mol. The molecule has 3 aromatic rings. The van der Waals surface area contributed by atoms with Crippen LogP contribution in [0, 0.1) is 0 Å². The average Bonchev–Trinajstić information content (AvgIpc) is 3.22. The van der Waals surface area contributed by atoms with Crippen molar-refractivity contribution in [1.29, 1.82) is 0 Å². The fourth-order valence-corrected chi connectivity index (χ4v) is 2.78. The Labute approximate surface area is 192 Å². The molecule has 0 radical (unpaired) electrons. The number of aromatic amines is 1. The first-order valence-corrected chi connectivity index (χ1v) is 9.17. The van der Waals surface area contributed by atoms with Crippen molar-refractivity contribution in [2.75, 3.05) is 18.5 Å². The number of nitrogens with one attached hydrogen (secondary N) is 3. The lowest BCUT2D eigenvalue weighted by Crippen LogP contribution is -2.26. The van der Waals surface area contributed by atoms with E-state index in [2.05, 4.69) is 31.3 Å². The zero-order valence-corrected chi connectivity index (χ0v) is 17.8. The van der Waals surface area contributed by atoms with Gasteiger partial charge in [0.15, 0.2) is 12.3 Å². The number of rotatable bonds is 5.